The highest BCUT2D eigenvalue weighted by Crippen LogP contribution is 2.21. The first-order chi connectivity index (χ1) is 9.59. The van der Waals surface area contributed by atoms with Crippen LogP contribution in [-0.4, -0.2) is 13.1 Å². The Balaban J connectivity index is 1.94. The van der Waals surface area contributed by atoms with Crippen molar-refractivity contribution in [2.75, 3.05) is 13.1 Å². The second-order valence-electron chi connectivity index (χ2n) is 6.76. The van der Waals surface area contributed by atoms with Crippen molar-refractivity contribution >= 4 is 0 Å². The molecule has 0 aliphatic carbocycles. The molecule has 0 saturated carbocycles. The summed E-state index contributed by atoms with van der Waals surface area (Å²) in [7, 11) is 0. The first-order valence-electron chi connectivity index (χ1n) is 8.10. The average Bonchev–Trinajstić information content (AvgIpc) is 2.42. The first kappa shape index (κ1) is 15.5. The van der Waals surface area contributed by atoms with Crippen LogP contribution in [0.2, 0.25) is 0 Å². The predicted octanol–water partition coefficient (Wildman–Crippen LogP) is 3.35. The molecule has 0 unspecified atom stereocenters. The molecular formula is C18H30N2. The molecule has 0 saturated heterocycles. The van der Waals surface area contributed by atoms with Crippen molar-refractivity contribution in [2.45, 2.75) is 47.2 Å². The normalized spacial score (nSPS) is 15.2. The fourth-order valence-electron chi connectivity index (χ4n) is 3.39. The molecule has 2 N–H and O–H groups in total. The Kier molecular flexibility index (Phi) is 5.62. The molecule has 1 aliphatic heterocycles. The smallest absolute Gasteiger partial charge is 0.0208 e. The molecular weight excluding hydrogens is 244 g/mol. The summed E-state index contributed by atoms with van der Waals surface area (Å²) in [5.74, 6) is 2.25. The number of hydrogen-bond donors (Lipinski definition) is 2. The Bertz CT molecular complexity index is 415. The third-order valence-electron chi connectivity index (χ3n) is 4.65. The lowest BCUT2D eigenvalue weighted by Gasteiger charge is -2.26. The highest BCUT2D eigenvalue weighted by atomic mass is 14.9. The van der Waals surface area contributed by atoms with Crippen LogP contribution in [0.4, 0.5) is 0 Å². The van der Waals surface area contributed by atoms with Crippen molar-refractivity contribution in [3.63, 3.8) is 0 Å². The van der Waals surface area contributed by atoms with Gasteiger partial charge in [-0.15, -0.1) is 0 Å². The topological polar surface area (TPSA) is 24.1 Å². The molecule has 2 heteroatoms. The van der Waals surface area contributed by atoms with E-state index in [0.29, 0.717) is 0 Å². The molecule has 112 valence electrons. The molecule has 0 fully saturated rings. The fraction of sp³-hybridized carbons (Fsp3) is 0.667. The Morgan fingerprint density at radius 2 is 1.90 bits per heavy atom. The average molecular weight is 274 g/mol. The van der Waals surface area contributed by atoms with Crippen LogP contribution in [0.5, 0.6) is 0 Å². The van der Waals surface area contributed by atoms with Crippen LogP contribution in [-0.2, 0) is 19.5 Å². The van der Waals surface area contributed by atoms with Gasteiger partial charge in [0.05, 0.1) is 0 Å². The summed E-state index contributed by atoms with van der Waals surface area (Å²) < 4.78 is 0. The van der Waals surface area contributed by atoms with Crippen molar-refractivity contribution in [1.82, 2.24) is 10.6 Å². The SMILES string of the molecule is CC(C)C(CNCc1cccc2c1CCNC2)C(C)C. The molecule has 0 amide bonds. The molecule has 0 aromatic heterocycles. The van der Waals surface area contributed by atoms with E-state index in [1.54, 1.807) is 5.56 Å². The zero-order valence-electron chi connectivity index (χ0n) is 13.5. The maximum Gasteiger partial charge on any atom is 0.0208 e. The highest BCUT2D eigenvalue weighted by molar-refractivity contribution is 5.36. The minimum atomic E-state index is 0.747. The Labute approximate surface area is 124 Å². The van der Waals surface area contributed by atoms with Gasteiger partial charge in [0.25, 0.3) is 0 Å². The minimum absolute atomic E-state index is 0.747. The van der Waals surface area contributed by atoms with Gasteiger partial charge in [0.1, 0.15) is 0 Å². The van der Waals surface area contributed by atoms with E-state index in [2.05, 4.69) is 56.5 Å². The Morgan fingerprint density at radius 1 is 1.15 bits per heavy atom. The van der Waals surface area contributed by atoms with E-state index in [-0.39, 0.29) is 0 Å². The summed E-state index contributed by atoms with van der Waals surface area (Å²) in [6.07, 6.45) is 1.17. The van der Waals surface area contributed by atoms with Crippen LogP contribution in [0.15, 0.2) is 18.2 Å². The predicted molar refractivity (Wildman–Crippen MR) is 86.7 cm³/mol. The van der Waals surface area contributed by atoms with Crippen LogP contribution in [0.1, 0.15) is 44.4 Å². The van der Waals surface area contributed by atoms with Gasteiger partial charge < -0.3 is 10.6 Å². The molecule has 1 heterocycles. The van der Waals surface area contributed by atoms with E-state index >= 15 is 0 Å². The van der Waals surface area contributed by atoms with Gasteiger partial charge in [-0.25, -0.2) is 0 Å². The summed E-state index contributed by atoms with van der Waals surface area (Å²) in [6.45, 7) is 13.6. The van der Waals surface area contributed by atoms with E-state index in [9.17, 15) is 0 Å². The molecule has 1 aliphatic rings. The second kappa shape index (κ2) is 7.24. The van der Waals surface area contributed by atoms with E-state index in [1.165, 1.54) is 17.5 Å². The number of fused-ring (bicyclic) bond motifs is 1. The molecule has 1 aromatic carbocycles. The van der Waals surface area contributed by atoms with Gasteiger partial charge in [0.15, 0.2) is 0 Å². The second-order valence-corrected chi connectivity index (χ2v) is 6.76. The fourth-order valence-corrected chi connectivity index (χ4v) is 3.39. The molecule has 1 aromatic rings. The number of nitrogens with one attached hydrogen (secondary N) is 2. The number of rotatable bonds is 6. The van der Waals surface area contributed by atoms with E-state index in [4.69, 9.17) is 0 Å². The van der Waals surface area contributed by atoms with E-state index < -0.39 is 0 Å². The van der Waals surface area contributed by atoms with Crippen molar-refractivity contribution < 1.29 is 0 Å². The van der Waals surface area contributed by atoms with Gasteiger partial charge in [0.2, 0.25) is 0 Å². The molecule has 0 spiro atoms. The van der Waals surface area contributed by atoms with Gasteiger partial charge in [-0.3, -0.25) is 0 Å². The largest absolute Gasteiger partial charge is 0.312 e. The molecule has 0 atom stereocenters. The monoisotopic (exact) mass is 274 g/mol. The molecule has 0 bridgehead atoms. The Hall–Kier alpha value is -0.860. The summed E-state index contributed by atoms with van der Waals surface area (Å²) in [6, 6.07) is 6.75. The van der Waals surface area contributed by atoms with Crippen LogP contribution in [0.3, 0.4) is 0 Å². The summed E-state index contributed by atoms with van der Waals surface area (Å²) in [4.78, 5) is 0. The maximum atomic E-state index is 3.69. The van der Waals surface area contributed by atoms with E-state index in [0.717, 1.165) is 43.9 Å². The van der Waals surface area contributed by atoms with Gasteiger partial charge in [0, 0.05) is 13.1 Å². The minimum Gasteiger partial charge on any atom is -0.312 e. The quantitative estimate of drug-likeness (QED) is 0.831. The van der Waals surface area contributed by atoms with Gasteiger partial charge in [-0.2, -0.15) is 0 Å². The van der Waals surface area contributed by atoms with Crippen molar-refractivity contribution in [3.05, 3.63) is 34.9 Å². The summed E-state index contributed by atoms with van der Waals surface area (Å²) >= 11 is 0. The van der Waals surface area contributed by atoms with Gasteiger partial charge in [-0.1, -0.05) is 45.9 Å². The lowest BCUT2D eigenvalue weighted by atomic mass is 9.85. The van der Waals surface area contributed by atoms with Crippen LogP contribution in [0, 0.1) is 17.8 Å². The van der Waals surface area contributed by atoms with Crippen molar-refractivity contribution in [3.8, 4) is 0 Å². The van der Waals surface area contributed by atoms with Crippen molar-refractivity contribution in [2.24, 2.45) is 17.8 Å². The third-order valence-corrected chi connectivity index (χ3v) is 4.65. The van der Waals surface area contributed by atoms with Gasteiger partial charge in [-0.05, 0) is 54.0 Å². The summed E-state index contributed by atoms with van der Waals surface area (Å²) in [5.41, 5.74) is 4.56. The van der Waals surface area contributed by atoms with Crippen LogP contribution >= 0.6 is 0 Å². The van der Waals surface area contributed by atoms with Crippen molar-refractivity contribution in [1.29, 1.82) is 0 Å². The van der Waals surface area contributed by atoms with Crippen LogP contribution < -0.4 is 10.6 Å². The maximum absolute atomic E-state index is 3.69. The zero-order valence-corrected chi connectivity index (χ0v) is 13.5. The standard InChI is InChI=1S/C18H30N2/c1-13(2)18(14(3)4)12-20-11-16-7-5-6-15-10-19-9-8-17(15)16/h5-7,13-14,18-20H,8-12H2,1-4H3. The van der Waals surface area contributed by atoms with E-state index in [1.807, 2.05) is 0 Å². The van der Waals surface area contributed by atoms with Crippen LogP contribution in [0.25, 0.3) is 0 Å². The van der Waals surface area contributed by atoms with Gasteiger partial charge >= 0.3 is 0 Å². The highest BCUT2D eigenvalue weighted by Gasteiger charge is 2.17. The lowest BCUT2D eigenvalue weighted by molar-refractivity contribution is 0.275. The summed E-state index contributed by atoms with van der Waals surface area (Å²) in [5, 5.41) is 7.15. The third kappa shape index (κ3) is 3.83. The molecule has 2 nitrogen and oxygen atoms in total. The molecule has 20 heavy (non-hydrogen) atoms. The molecule has 2 rings (SSSR count). The first-order valence-corrected chi connectivity index (χ1v) is 8.10. The lowest BCUT2D eigenvalue weighted by Crippen LogP contribution is -2.30. The number of hydrogen-bond acceptors (Lipinski definition) is 2. The number of benzene rings is 1. The molecule has 0 radical (unpaired) electrons. The Morgan fingerprint density at radius 3 is 2.60 bits per heavy atom. The zero-order chi connectivity index (χ0) is 14.5.